The molecule has 7 heteroatoms. The number of ether oxygens (including phenoxy) is 1. The van der Waals surface area contributed by atoms with Crippen LogP contribution in [0.15, 0.2) is 18.2 Å². The smallest absolute Gasteiger partial charge is 0.307 e. The first kappa shape index (κ1) is 16.4. The van der Waals surface area contributed by atoms with Crippen molar-refractivity contribution >= 4 is 34.5 Å². The van der Waals surface area contributed by atoms with Crippen LogP contribution < -0.4 is 5.32 Å². The molecular formula is C18H20ClN3O3. The van der Waals surface area contributed by atoms with Gasteiger partial charge in [0.15, 0.2) is 0 Å². The van der Waals surface area contributed by atoms with Gasteiger partial charge in [-0.1, -0.05) is 18.0 Å². The van der Waals surface area contributed by atoms with E-state index in [0.29, 0.717) is 10.8 Å². The van der Waals surface area contributed by atoms with Crippen molar-refractivity contribution < 1.29 is 14.3 Å². The summed E-state index contributed by atoms with van der Waals surface area (Å²) in [6.07, 6.45) is 4.86. The third-order valence-corrected chi connectivity index (χ3v) is 5.50. The number of rotatable bonds is 3. The van der Waals surface area contributed by atoms with Gasteiger partial charge < -0.3 is 15.0 Å². The highest BCUT2D eigenvalue weighted by Crippen LogP contribution is 2.44. The maximum Gasteiger partial charge on any atom is 0.307 e. The topological polar surface area (TPSA) is 84.1 Å². The average molecular weight is 362 g/mol. The second-order valence-electron chi connectivity index (χ2n) is 6.92. The molecule has 1 saturated carbocycles. The van der Waals surface area contributed by atoms with Gasteiger partial charge in [-0.25, -0.2) is 4.98 Å². The zero-order valence-corrected chi connectivity index (χ0v) is 14.6. The summed E-state index contributed by atoms with van der Waals surface area (Å²) in [5.74, 6) is -0.139. The predicted molar refractivity (Wildman–Crippen MR) is 93.0 cm³/mol. The Balaban J connectivity index is 1.46. The number of H-pyrrole nitrogens is 1. The molecule has 4 rings (SSSR count). The van der Waals surface area contributed by atoms with Crippen LogP contribution in [0.2, 0.25) is 5.02 Å². The number of imidazole rings is 1. The summed E-state index contributed by atoms with van der Waals surface area (Å²) >= 11 is 5.97. The summed E-state index contributed by atoms with van der Waals surface area (Å²) in [6, 6.07) is 5.41. The van der Waals surface area contributed by atoms with Crippen LogP contribution in [0.3, 0.4) is 0 Å². The standard InChI is InChI=1S/C18H20ClN3O3/c19-11-4-5-13-14(8-11)22-15(21-13)10-20-17(24)12-9-16(23)25-18(12)6-2-1-3-7-18/h4-5,8,12H,1-3,6-7,9-10H2,(H,20,24)(H,21,22). The molecule has 1 unspecified atom stereocenters. The largest absolute Gasteiger partial charge is 0.458 e. The Kier molecular flexibility index (Phi) is 4.15. The third kappa shape index (κ3) is 3.11. The number of benzene rings is 1. The predicted octanol–water partition coefficient (Wildman–Crippen LogP) is 3.10. The number of nitrogens with zero attached hydrogens (tertiary/aromatic N) is 1. The third-order valence-electron chi connectivity index (χ3n) is 5.26. The normalized spacial score (nSPS) is 22.3. The van der Waals surface area contributed by atoms with Gasteiger partial charge in [-0.05, 0) is 43.9 Å². The van der Waals surface area contributed by atoms with Gasteiger partial charge in [-0.3, -0.25) is 9.59 Å². The van der Waals surface area contributed by atoms with Crippen LogP contribution in [-0.2, 0) is 20.9 Å². The summed E-state index contributed by atoms with van der Waals surface area (Å²) in [4.78, 5) is 32.1. The fourth-order valence-electron chi connectivity index (χ4n) is 4.04. The molecule has 1 spiro atoms. The van der Waals surface area contributed by atoms with Gasteiger partial charge >= 0.3 is 5.97 Å². The molecule has 1 aromatic heterocycles. The highest BCUT2D eigenvalue weighted by molar-refractivity contribution is 6.31. The van der Waals surface area contributed by atoms with E-state index in [9.17, 15) is 9.59 Å². The van der Waals surface area contributed by atoms with Crippen LogP contribution in [0.4, 0.5) is 0 Å². The molecular weight excluding hydrogens is 342 g/mol. The molecule has 25 heavy (non-hydrogen) atoms. The minimum atomic E-state index is -0.596. The van der Waals surface area contributed by atoms with Gasteiger partial charge in [-0.15, -0.1) is 0 Å². The summed E-state index contributed by atoms with van der Waals surface area (Å²) in [6.45, 7) is 0.284. The Hall–Kier alpha value is -2.08. The molecule has 0 radical (unpaired) electrons. The van der Waals surface area contributed by atoms with Crippen molar-refractivity contribution in [1.29, 1.82) is 0 Å². The lowest BCUT2D eigenvalue weighted by atomic mass is 9.75. The van der Waals surface area contributed by atoms with E-state index in [1.54, 1.807) is 12.1 Å². The Morgan fingerprint density at radius 1 is 1.36 bits per heavy atom. The Labute approximate surface area is 150 Å². The average Bonchev–Trinajstić information content (AvgIpc) is 3.13. The number of hydrogen-bond donors (Lipinski definition) is 2. The van der Waals surface area contributed by atoms with E-state index in [1.165, 1.54) is 0 Å². The molecule has 2 aromatic rings. The second kappa shape index (κ2) is 6.33. The van der Waals surface area contributed by atoms with Gasteiger partial charge in [0.1, 0.15) is 11.4 Å². The Morgan fingerprint density at radius 2 is 2.16 bits per heavy atom. The lowest BCUT2D eigenvalue weighted by Crippen LogP contribution is -2.45. The van der Waals surface area contributed by atoms with Gasteiger partial charge in [0.05, 0.1) is 29.9 Å². The fraction of sp³-hybridized carbons (Fsp3) is 0.500. The monoisotopic (exact) mass is 361 g/mol. The van der Waals surface area contributed by atoms with E-state index in [2.05, 4.69) is 15.3 Å². The quantitative estimate of drug-likeness (QED) is 0.823. The molecule has 132 valence electrons. The van der Waals surface area contributed by atoms with Crippen molar-refractivity contribution in [1.82, 2.24) is 15.3 Å². The van der Waals surface area contributed by atoms with Gasteiger partial charge in [0, 0.05) is 5.02 Å². The summed E-state index contributed by atoms with van der Waals surface area (Å²) in [5, 5.41) is 3.54. The maximum absolute atomic E-state index is 12.7. The highest BCUT2D eigenvalue weighted by Gasteiger charge is 2.52. The number of esters is 1. The number of aromatic amines is 1. The van der Waals surface area contributed by atoms with Crippen molar-refractivity contribution in [2.75, 3.05) is 0 Å². The SMILES string of the molecule is O=C1CC(C(=O)NCc2nc3ccc(Cl)cc3[nH]2)C2(CCCCC2)O1. The molecule has 2 aliphatic rings. The zero-order chi connectivity index (χ0) is 17.4. The summed E-state index contributed by atoms with van der Waals surface area (Å²) < 4.78 is 5.60. The van der Waals surface area contributed by atoms with E-state index >= 15 is 0 Å². The lowest BCUT2D eigenvalue weighted by Gasteiger charge is -2.35. The maximum atomic E-state index is 12.7. The van der Waals surface area contributed by atoms with Gasteiger partial charge in [0.25, 0.3) is 0 Å². The zero-order valence-electron chi connectivity index (χ0n) is 13.8. The number of fused-ring (bicyclic) bond motifs is 1. The number of amides is 1. The van der Waals surface area contributed by atoms with Crippen LogP contribution in [0.1, 0.15) is 44.3 Å². The Morgan fingerprint density at radius 3 is 2.96 bits per heavy atom. The minimum Gasteiger partial charge on any atom is -0.458 e. The van der Waals surface area contributed by atoms with Crippen molar-refractivity contribution in [2.45, 2.75) is 50.7 Å². The minimum absolute atomic E-state index is 0.133. The van der Waals surface area contributed by atoms with Crippen LogP contribution in [0.5, 0.6) is 0 Å². The molecule has 2 N–H and O–H groups in total. The van der Waals surface area contributed by atoms with Crippen LogP contribution in [0.25, 0.3) is 11.0 Å². The molecule has 1 aromatic carbocycles. The number of carbonyl (C=O) groups is 2. The molecule has 1 aliphatic heterocycles. The van der Waals surface area contributed by atoms with Crippen molar-refractivity contribution in [2.24, 2.45) is 5.92 Å². The van der Waals surface area contributed by atoms with E-state index in [-0.39, 0.29) is 24.8 Å². The lowest BCUT2D eigenvalue weighted by molar-refractivity contribution is -0.153. The van der Waals surface area contributed by atoms with Crippen molar-refractivity contribution in [3.05, 3.63) is 29.0 Å². The highest BCUT2D eigenvalue weighted by atomic mass is 35.5. The first-order valence-corrected chi connectivity index (χ1v) is 9.07. The van der Waals surface area contributed by atoms with Crippen LogP contribution in [0, 0.1) is 5.92 Å². The Bertz CT molecular complexity index is 826. The molecule has 1 aliphatic carbocycles. The van der Waals surface area contributed by atoms with E-state index in [1.807, 2.05) is 6.07 Å². The first-order valence-electron chi connectivity index (χ1n) is 8.69. The number of hydrogen-bond acceptors (Lipinski definition) is 4. The van der Waals surface area contributed by atoms with Crippen molar-refractivity contribution in [3.8, 4) is 0 Å². The van der Waals surface area contributed by atoms with E-state index in [0.717, 1.165) is 43.1 Å². The van der Waals surface area contributed by atoms with Gasteiger partial charge in [0.2, 0.25) is 5.91 Å². The molecule has 2 fully saturated rings. The van der Waals surface area contributed by atoms with Crippen LogP contribution >= 0.6 is 11.6 Å². The molecule has 1 saturated heterocycles. The number of aromatic nitrogens is 2. The van der Waals surface area contributed by atoms with Gasteiger partial charge in [-0.2, -0.15) is 0 Å². The molecule has 6 nitrogen and oxygen atoms in total. The fourth-order valence-corrected chi connectivity index (χ4v) is 4.21. The summed E-state index contributed by atoms with van der Waals surface area (Å²) in [5.41, 5.74) is 1.04. The van der Waals surface area contributed by atoms with E-state index in [4.69, 9.17) is 16.3 Å². The number of carbonyl (C=O) groups excluding carboxylic acids is 2. The van der Waals surface area contributed by atoms with Crippen molar-refractivity contribution in [3.63, 3.8) is 0 Å². The second-order valence-corrected chi connectivity index (χ2v) is 7.36. The molecule has 1 amide bonds. The molecule has 2 heterocycles. The number of halogens is 1. The summed E-state index contributed by atoms with van der Waals surface area (Å²) in [7, 11) is 0. The van der Waals surface area contributed by atoms with Crippen LogP contribution in [-0.4, -0.2) is 27.4 Å². The molecule has 0 bridgehead atoms. The number of nitrogens with one attached hydrogen (secondary N) is 2. The van der Waals surface area contributed by atoms with E-state index < -0.39 is 11.5 Å². The first-order chi connectivity index (χ1) is 12.1. The molecule has 1 atom stereocenters.